The van der Waals surface area contributed by atoms with Crippen LogP contribution in [0, 0.1) is 0 Å². The Kier molecular flexibility index (Phi) is 6.14. The molecule has 3 rings (SSSR count). The fourth-order valence-corrected chi connectivity index (χ4v) is 3.76. The van der Waals surface area contributed by atoms with E-state index in [1.54, 1.807) is 24.3 Å². The summed E-state index contributed by atoms with van der Waals surface area (Å²) < 4.78 is 0. The van der Waals surface area contributed by atoms with Gasteiger partial charge in [0, 0.05) is 23.8 Å². The van der Waals surface area contributed by atoms with E-state index in [0.29, 0.717) is 11.3 Å². The van der Waals surface area contributed by atoms with Crippen molar-refractivity contribution in [3.8, 4) is 10.6 Å². The van der Waals surface area contributed by atoms with Crippen molar-refractivity contribution in [1.29, 1.82) is 0 Å². The van der Waals surface area contributed by atoms with E-state index >= 15 is 0 Å². The Morgan fingerprint density at radius 1 is 1.07 bits per heavy atom. The number of hydrogen-bond donors (Lipinski definition) is 1. The molecule has 27 heavy (non-hydrogen) atoms. The molecule has 1 N–H and O–H groups in total. The Morgan fingerprint density at radius 3 is 2.41 bits per heavy atom. The Bertz CT molecular complexity index is 916. The molecule has 0 aliphatic rings. The number of aromatic nitrogens is 1. The van der Waals surface area contributed by atoms with Crippen molar-refractivity contribution in [2.24, 2.45) is 0 Å². The van der Waals surface area contributed by atoms with Gasteiger partial charge in [0.25, 0.3) is 0 Å². The third-order valence-electron chi connectivity index (χ3n) is 4.47. The number of aliphatic carboxylic acids is 1. The normalized spacial score (nSPS) is 11.9. The number of carbonyl (C=O) groups is 2. The van der Waals surface area contributed by atoms with E-state index < -0.39 is 11.9 Å². The molecule has 0 saturated heterocycles. The highest BCUT2D eigenvalue weighted by Crippen LogP contribution is 2.26. The number of ketones is 1. The lowest BCUT2D eigenvalue weighted by atomic mass is 9.93. The van der Waals surface area contributed by atoms with Crippen LogP contribution in [0.5, 0.6) is 0 Å². The van der Waals surface area contributed by atoms with Crippen LogP contribution >= 0.6 is 11.3 Å². The van der Waals surface area contributed by atoms with E-state index in [4.69, 9.17) is 0 Å². The van der Waals surface area contributed by atoms with Crippen LogP contribution in [0.2, 0.25) is 0 Å². The summed E-state index contributed by atoms with van der Waals surface area (Å²) in [6, 6.07) is 17.1. The molecule has 0 spiro atoms. The summed E-state index contributed by atoms with van der Waals surface area (Å²) >= 11 is 1.50. The molecule has 1 heterocycles. The van der Waals surface area contributed by atoms with Gasteiger partial charge in [-0.15, -0.1) is 11.3 Å². The van der Waals surface area contributed by atoms with Crippen LogP contribution in [0.4, 0.5) is 0 Å². The van der Waals surface area contributed by atoms with Crippen molar-refractivity contribution in [3.63, 3.8) is 0 Å². The van der Waals surface area contributed by atoms with Gasteiger partial charge in [-0.25, -0.2) is 4.98 Å². The van der Waals surface area contributed by atoms with Gasteiger partial charge in [0.2, 0.25) is 0 Å². The zero-order valence-corrected chi connectivity index (χ0v) is 15.9. The van der Waals surface area contributed by atoms with E-state index in [-0.39, 0.29) is 18.6 Å². The van der Waals surface area contributed by atoms with Gasteiger partial charge in [-0.05, 0) is 17.5 Å². The van der Waals surface area contributed by atoms with Crippen molar-refractivity contribution >= 4 is 23.1 Å². The van der Waals surface area contributed by atoms with Gasteiger partial charge in [0.15, 0.2) is 0 Å². The van der Waals surface area contributed by atoms with Crippen LogP contribution < -0.4 is 0 Å². The number of carboxylic acids is 1. The topological polar surface area (TPSA) is 67.3 Å². The van der Waals surface area contributed by atoms with Crippen molar-refractivity contribution < 1.29 is 14.7 Å². The van der Waals surface area contributed by atoms with Gasteiger partial charge < -0.3 is 5.11 Å². The molecule has 3 aromatic rings. The third-order valence-corrected chi connectivity index (χ3v) is 5.41. The molecule has 0 saturated carbocycles. The maximum atomic E-state index is 12.4. The standard InChI is InChI=1S/C22H21NO3S/c1-2-15-8-10-17(11-9-15)21-23-18(14-27-21)12-19(24)13-20(22(25)26)16-6-4-3-5-7-16/h3-11,14,20H,2,12-13H2,1H3,(H,25,26). The van der Waals surface area contributed by atoms with Gasteiger partial charge in [-0.1, -0.05) is 61.5 Å². The fraction of sp³-hybridized carbons (Fsp3) is 0.227. The first-order valence-electron chi connectivity index (χ1n) is 8.90. The minimum Gasteiger partial charge on any atom is -0.481 e. The predicted octanol–water partition coefficient (Wildman–Crippen LogP) is 4.74. The van der Waals surface area contributed by atoms with E-state index in [1.807, 2.05) is 23.6 Å². The zero-order valence-electron chi connectivity index (χ0n) is 15.1. The molecule has 1 aromatic heterocycles. The molecule has 1 unspecified atom stereocenters. The number of thiazole rings is 1. The Balaban J connectivity index is 1.67. The summed E-state index contributed by atoms with van der Waals surface area (Å²) in [7, 11) is 0. The second-order valence-corrected chi connectivity index (χ2v) is 7.27. The fourth-order valence-electron chi connectivity index (χ4n) is 2.94. The van der Waals surface area contributed by atoms with Crippen LogP contribution in [0.1, 0.15) is 36.1 Å². The molecule has 4 nitrogen and oxygen atoms in total. The highest BCUT2D eigenvalue weighted by Gasteiger charge is 2.23. The largest absolute Gasteiger partial charge is 0.481 e. The number of nitrogens with zero attached hydrogens (tertiary/aromatic N) is 1. The first-order valence-corrected chi connectivity index (χ1v) is 9.78. The van der Waals surface area contributed by atoms with E-state index in [0.717, 1.165) is 17.0 Å². The lowest BCUT2D eigenvalue weighted by Gasteiger charge is -2.11. The molecule has 2 aromatic carbocycles. The van der Waals surface area contributed by atoms with Crippen LogP contribution in [0.3, 0.4) is 0 Å². The van der Waals surface area contributed by atoms with Gasteiger partial charge in [0.05, 0.1) is 11.6 Å². The van der Waals surface area contributed by atoms with E-state index in [2.05, 4.69) is 24.0 Å². The molecule has 0 fully saturated rings. The Morgan fingerprint density at radius 2 is 1.78 bits per heavy atom. The number of carbonyl (C=O) groups excluding carboxylic acids is 1. The molecule has 1 atom stereocenters. The molecule has 0 bridgehead atoms. The maximum absolute atomic E-state index is 12.4. The number of aryl methyl sites for hydroxylation is 1. The molecule has 138 valence electrons. The number of Topliss-reactive ketones (excluding diaryl/α,β-unsaturated/α-hetero) is 1. The molecular formula is C22H21NO3S. The van der Waals surface area contributed by atoms with Crippen LogP contribution in [0.15, 0.2) is 60.0 Å². The highest BCUT2D eigenvalue weighted by atomic mass is 32.1. The minimum atomic E-state index is -0.982. The second kappa shape index (κ2) is 8.73. The molecule has 0 amide bonds. The van der Waals surface area contributed by atoms with Crippen molar-refractivity contribution in [2.45, 2.75) is 32.1 Å². The molecule has 0 aliphatic carbocycles. The van der Waals surface area contributed by atoms with Crippen molar-refractivity contribution in [2.75, 3.05) is 0 Å². The number of benzene rings is 2. The lowest BCUT2D eigenvalue weighted by Crippen LogP contribution is -2.17. The molecule has 0 radical (unpaired) electrons. The van der Waals surface area contributed by atoms with E-state index in [1.165, 1.54) is 16.9 Å². The smallest absolute Gasteiger partial charge is 0.311 e. The quantitative estimate of drug-likeness (QED) is 0.614. The summed E-state index contributed by atoms with van der Waals surface area (Å²) in [5, 5.41) is 12.2. The summed E-state index contributed by atoms with van der Waals surface area (Å²) in [5.41, 5.74) is 3.64. The summed E-state index contributed by atoms with van der Waals surface area (Å²) in [6.45, 7) is 2.11. The first kappa shape index (κ1) is 19.0. The third kappa shape index (κ3) is 4.89. The highest BCUT2D eigenvalue weighted by molar-refractivity contribution is 7.13. The SMILES string of the molecule is CCc1ccc(-c2nc(CC(=O)CC(C(=O)O)c3ccccc3)cs2)cc1. The predicted molar refractivity (Wildman–Crippen MR) is 107 cm³/mol. The van der Waals surface area contributed by atoms with E-state index in [9.17, 15) is 14.7 Å². The van der Waals surface area contributed by atoms with Gasteiger partial charge in [-0.2, -0.15) is 0 Å². The van der Waals surface area contributed by atoms with Crippen LogP contribution in [-0.2, 0) is 22.4 Å². The van der Waals surface area contributed by atoms with Gasteiger partial charge in [-0.3, -0.25) is 9.59 Å². The molecular weight excluding hydrogens is 358 g/mol. The second-order valence-electron chi connectivity index (χ2n) is 6.42. The minimum absolute atomic E-state index is 0.0304. The van der Waals surface area contributed by atoms with Crippen LogP contribution in [-0.4, -0.2) is 21.8 Å². The molecule has 0 aliphatic heterocycles. The average molecular weight is 379 g/mol. The van der Waals surface area contributed by atoms with Crippen molar-refractivity contribution in [3.05, 3.63) is 76.8 Å². The monoisotopic (exact) mass is 379 g/mol. The maximum Gasteiger partial charge on any atom is 0.311 e. The summed E-state index contributed by atoms with van der Waals surface area (Å²) in [6.07, 6.45) is 1.11. The van der Waals surface area contributed by atoms with Crippen LogP contribution in [0.25, 0.3) is 10.6 Å². The van der Waals surface area contributed by atoms with Gasteiger partial charge >= 0.3 is 5.97 Å². The average Bonchev–Trinajstić information content (AvgIpc) is 3.15. The number of rotatable bonds is 8. The van der Waals surface area contributed by atoms with Gasteiger partial charge in [0.1, 0.15) is 10.8 Å². The summed E-state index contributed by atoms with van der Waals surface area (Å²) in [5.74, 6) is -1.92. The summed E-state index contributed by atoms with van der Waals surface area (Å²) in [4.78, 5) is 28.5. The first-order chi connectivity index (χ1) is 13.1. The number of carboxylic acid groups (broad SMARTS) is 1. The Hall–Kier alpha value is -2.79. The van der Waals surface area contributed by atoms with Crippen molar-refractivity contribution in [1.82, 2.24) is 4.98 Å². The molecule has 5 heteroatoms. The Labute approximate surface area is 162 Å². The lowest BCUT2D eigenvalue weighted by molar-refractivity contribution is -0.140. The zero-order chi connectivity index (χ0) is 19.2. The number of hydrogen-bond acceptors (Lipinski definition) is 4.